The molecule has 116 valence electrons. The molecule has 0 saturated carbocycles. The standard InChI is InChI=1S/C19H24N2O/c22-19-16-6-2-4-14-3-1-5-15(18(14)16)12-21(19)17-11-13-7-9-20(17)10-8-13/h2,4,6,13,15,17H,1,3,5,7-12H2/t15-,17-/m1/s1. The van der Waals surface area contributed by atoms with E-state index in [0.717, 1.165) is 24.4 Å². The molecule has 2 bridgehead atoms. The monoisotopic (exact) mass is 296 g/mol. The minimum absolute atomic E-state index is 0.299. The van der Waals surface area contributed by atoms with Gasteiger partial charge in [-0.3, -0.25) is 9.69 Å². The SMILES string of the molecule is O=C1c2cccc3c2[C@H](CCC3)CN1[C@@H]1CC2CCN1CC2. The lowest BCUT2D eigenvalue weighted by Gasteiger charge is -2.52. The topological polar surface area (TPSA) is 23.6 Å². The van der Waals surface area contributed by atoms with Crippen molar-refractivity contribution in [3.8, 4) is 0 Å². The number of hydrogen-bond acceptors (Lipinski definition) is 2. The van der Waals surface area contributed by atoms with Gasteiger partial charge in [-0.1, -0.05) is 12.1 Å². The van der Waals surface area contributed by atoms with Crippen molar-refractivity contribution in [1.29, 1.82) is 0 Å². The van der Waals surface area contributed by atoms with Crippen LogP contribution in [0.15, 0.2) is 18.2 Å². The van der Waals surface area contributed by atoms with Crippen LogP contribution < -0.4 is 0 Å². The molecule has 3 fully saturated rings. The molecule has 22 heavy (non-hydrogen) atoms. The maximum atomic E-state index is 13.1. The van der Waals surface area contributed by atoms with Crippen LogP contribution in [0.2, 0.25) is 0 Å². The van der Waals surface area contributed by atoms with Gasteiger partial charge in [0.1, 0.15) is 0 Å². The normalized spacial score (nSPS) is 36.4. The lowest BCUT2D eigenvalue weighted by atomic mass is 9.76. The quantitative estimate of drug-likeness (QED) is 0.795. The van der Waals surface area contributed by atoms with Gasteiger partial charge in [-0.25, -0.2) is 0 Å². The molecule has 1 aromatic carbocycles. The molecule has 0 spiro atoms. The van der Waals surface area contributed by atoms with Crippen molar-refractivity contribution in [1.82, 2.24) is 9.80 Å². The van der Waals surface area contributed by atoms with Gasteiger partial charge in [0.15, 0.2) is 0 Å². The van der Waals surface area contributed by atoms with Crippen LogP contribution >= 0.6 is 0 Å². The molecular weight excluding hydrogens is 272 g/mol. The highest BCUT2D eigenvalue weighted by Gasteiger charge is 2.43. The zero-order chi connectivity index (χ0) is 14.7. The van der Waals surface area contributed by atoms with E-state index >= 15 is 0 Å². The molecule has 0 N–H and O–H groups in total. The average molecular weight is 296 g/mol. The number of rotatable bonds is 1. The molecule has 1 aliphatic carbocycles. The van der Waals surface area contributed by atoms with E-state index in [4.69, 9.17) is 0 Å². The maximum Gasteiger partial charge on any atom is 0.255 e. The Morgan fingerprint density at radius 3 is 2.73 bits per heavy atom. The molecule has 4 heterocycles. The van der Waals surface area contributed by atoms with E-state index < -0.39 is 0 Å². The highest BCUT2D eigenvalue weighted by Crippen LogP contribution is 2.42. The second kappa shape index (κ2) is 4.82. The minimum atomic E-state index is 0.299. The lowest BCUT2D eigenvalue weighted by molar-refractivity contribution is -0.0372. The Morgan fingerprint density at radius 2 is 1.95 bits per heavy atom. The molecule has 1 amide bonds. The molecule has 0 aromatic heterocycles. The van der Waals surface area contributed by atoms with Gasteiger partial charge in [0.05, 0.1) is 6.17 Å². The second-order valence-electron chi connectivity index (χ2n) is 7.62. The van der Waals surface area contributed by atoms with Crippen LogP contribution in [0.1, 0.15) is 59.5 Å². The van der Waals surface area contributed by atoms with Gasteiger partial charge in [0, 0.05) is 31.1 Å². The van der Waals surface area contributed by atoms with E-state index in [1.807, 2.05) is 0 Å². The van der Waals surface area contributed by atoms with Crippen LogP contribution in [-0.4, -0.2) is 41.5 Å². The van der Waals surface area contributed by atoms with E-state index in [9.17, 15) is 4.79 Å². The number of nitrogens with zero attached hydrogens (tertiary/aromatic N) is 2. The number of aryl methyl sites for hydroxylation is 1. The smallest absolute Gasteiger partial charge is 0.255 e. The lowest BCUT2D eigenvalue weighted by Crippen LogP contribution is -2.60. The van der Waals surface area contributed by atoms with Crippen LogP contribution in [0.5, 0.6) is 0 Å². The largest absolute Gasteiger partial charge is 0.322 e. The molecule has 6 rings (SSSR count). The first-order valence-corrected chi connectivity index (χ1v) is 8.98. The van der Waals surface area contributed by atoms with Crippen molar-refractivity contribution in [2.24, 2.45) is 5.92 Å². The Hall–Kier alpha value is -1.35. The van der Waals surface area contributed by atoms with Crippen LogP contribution in [0, 0.1) is 5.92 Å². The number of fused-ring (bicyclic) bond motifs is 3. The third-order valence-corrected chi connectivity index (χ3v) is 6.49. The van der Waals surface area contributed by atoms with Crippen molar-refractivity contribution >= 4 is 5.91 Å². The third kappa shape index (κ3) is 1.81. The van der Waals surface area contributed by atoms with Crippen molar-refractivity contribution in [3.63, 3.8) is 0 Å². The summed E-state index contributed by atoms with van der Waals surface area (Å²) in [5.74, 6) is 1.73. The molecule has 2 atom stereocenters. The predicted molar refractivity (Wildman–Crippen MR) is 85.9 cm³/mol. The molecule has 1 aromatic rings. The number of carbonyl (C=O) groups excluding carboxylic acids is 1. The summed E-state index contributed by atoms with van der Waals surface area (Å²) in [4.78, 5) is 17.9. The van der Waals surface area contributed by atoms with Crippen molar-refractivity contribution < 1.29 is 4.79 Å². The summed E-state index contributed by atoms with van der Waals surface area (Å²) in [6.45, 7) is 3.34. The summed E-state index contributed by atoms with van der Waals surface area (Å²) in [6, 6.07) is 6.40. The van der Waals surface area contributed by atoms with Gasteiger partial charge in [-0.2, -0.15) is 0 Å². The summed E-state index contributed by atoms with van der Waals surface area (Å²) in [5.41, 5.74) is 3.84. The Bertz CT molecular complexity index is 618. The van der Waals surface area contributed by atoms with Crippen LogP contribution in [0.3, 0.4) is 0 Å². The number of piperidine rings is 3. The van der Waals surface area contributed by atoms with E-state index in [1.165, 1.54) is 56.3 Å². The zero-order valence-corrected chi connectivity index (χ0v) is 13.1. The molecule has 0 unspecified atom stereocenters. The van der Waals surface area contributed by atoms with Gasteiger partial charge in [-0.05, 0) is 61.6 Å². The molecule has 0 radical (unpaired) electrons. The predicted octanol–water partition coefficient (Wildman–Crippen LogP) is 3.00. The molecule has 5 aliphatic rings. The summed E-state index contributed by atoms with van der Waals surface area (Å²) in [7, 11) is 0. The Morgan fingerprint density at radius 1 is 1.09 bits per heavy atom. The van der Waals surface area contributed by atoms with Gasteiger partial charge in [-0.15, -0.1) is 0 Å². The van der Waals surface area contributed by atoms with Gasteiger partial charge in [0.2, 0.25) is 0 Å². The fourth-order valence-corrected chi connectivity index (χ4v) is 5.36. The van der Waals surface area contributed by atoms with E-state index in [2.05, 4.69) is 28.0 Å². The van der Waals surface area contributed by atoms with E-state index in [0.29, 0.717) is 18.0 Å². The van der Waals surface area contributed by atoms with Gasteiger partial charge >= 0.3 is 0 Å². The number of amides is 1. The van der Waals surface area contributed by atoms with Crippen LogP contribution in [0.4, 0.5) is 0 Å². The first kappa shape index (κ1) is 13.1. The van der Waals surface area contributed by atoms with Gasteiger partial charge in [0.25, 0.3) is 5.91 Å². The van der Waals surface area contributed by atoms with E-state index in [1.54, 1.807) is 0 Å². The molecule has 3 heteroatoms. The Kier molecular flexibility index (Phi) is 2.88. The molecule has 3 nitrogen and oxygen atoms in total. The first-order chi connectivity index (χ1) is 10.8. The summed E-state index contributed by atoms with van der Waals surface area (Å²) in [6.07, 6.45) is 7.94. The number of hydrogen-bond donors (Lipinski definition) is 0. The molecular formula is C19H24N2O. The highest BCUT2D eigenvalue weighted by atomic mass is 16.2. The Balaban J connectivity index is 1.53. The zero-order valence-electron chi connectivity index (χ0n) is 13.1. The Labute approximate surface area is 132 Å². The number of carbonyl (C=O) groups is 1. The average Bonchev–Trinajstić information content (AvgIpc) is 2.59. The van der Waals surface area contributed by atoms with Crippen molar-refractivity contribution in [2.75, 3.05) is 19.6 Å². The van der Waals surface area contributed by atoms with Crippen molar-refractivity contribution in [3.05, 3.63) is 34.9 Å². The van der Waals surface area contributed by atoms with Gasteiger partial charge < -0.3 is 4.90 Å². The maximum absolute atomic E-state index is 13.1. The second-order valence-corrected chi connectivity index (χ2v) is 7.62. The molecule has 3 saturated heterocycles. The third-order valence-electron chi connectivity index (χ3n) is 6.49. The minimum Gasteiger partial charge on any atom is -0.322 e. The summed E-state index contributed by atoms with van der Waals surface area (Å²) < 4.78 is 0. The van der Waals surface area contributed by atoms with Crippen LogP contribution in [-0.2, 0) is 6.42 Å². The number of benzene rings is 1. The molecule has 4 aliphatic heterocycles. The summed E-state index contributed by atoms with van der Waals surface area (Å²) in [5, 5.41) is 0. The highest BCUT2D eigenvalue weighted by molar-refractivity contribution is 5.97. The fourth-order valence-electron chi connectivity index (χ4n) is 5.36. The summed E-state index contributed by atoms with van der Waals surface area (Å²) >= 11 is 0. The van der Waals surface area contributed by atoms with Crippen LogP contribution in [0.25, 0.3) is 0 Å². The van der Waals surface area contributed by atoms with Crippen molar-refractivity contribution in [2.45, 2.75) is 50.6 Å². The first-order valence-electron chi connectivity index (χ1n) is 8.98. The van der Waals surface area contributed by atoms with E-state index in [-0.39, 0.29) is 0 Å². The fraction of sp³-hybridized carbons (Fsp3) is 0.632.